The molecule has 0 aliphatic carbocycles. The van der Waals surface area contributed by atoms with Crippen LogP contribution >= 0.6 is 0 Å². The Labute approximate surface area is 93.3 Å². The van der Waals surface area contributed by atoms with E-state index >= 15 is 0 Å². The van der Waals surface area contributed by atoms with E-state index in [1.807, 2.05) is 0 Å². The molecule has 7 nitrogen and oxygen atoms in total. The first-order chi connectivity index (χ1) is 7.50. The number of hydrogen-bond donors (Lipinski definition) is 0. The maximum Gasteiger partial charge on any atom is 0.317 e. The molecular formula is C9H15N3O4. The van der Waals surface area contributed by atoms with E-state index in [4.69, 9.17) is 19.7 Å². The van der Waals surface area contributed by atoms with Gasteiger partial charge in [-0.1, -0.05) is 5.11 Å². The Morgan fingerprint density at radius 1 is 1.75 bits per heavy atom. The van der Waals surface area contributed by atoms with Gasteiger partial charge < -0.3 is 14.2 Å². The minimum absolute atomic E-state index is 0.204. The lowest BCUT2D eigenvalue weighted by Crippen LogP contribution is -2.36. The van der Waals surface area contributed by atoms with Crippen molar-refractivity contribution in [3.63, 3.8) is 0 Å². The van der Waals surface area contributed by atoms with Gasteiger partial charge in [0.05, 0.1) is 13.2 Å². The molecule has 90 valence electrons. The molecule has 7 heteroatoms. The summed E-state index contributed by atoms with van der Waals surface area (Å²) in [4.78, 5) is 14.1. The number of ether oxygens (including phenoxy) is 3. The Bertz CT molecular complexity index is 312. The first-order valence-corrected chi connectivity index (χ1v) is 5.03. The molecule has 0 spiro atoms. The van der Waals surface area contributed by atoms with Crippen molar-refractivity contribution in [1.29, 1.82) is 0 Å². The van der Waals surface area contributed by atoms with Crippen LogP contribution in [0.3, 0.4) is 0 Å². The average Bonchev–Trinajstić information content (AvgIpc) is 2.55. The van der Waals surface area contributed by atoms with E-state index in [-0.39, 0.29) is 13.2 Å². The molecular weight excluding hydrogens is 214 g/mol. The zero-order valence-corrected chi connectivity index (χ0v) is 9.54. The third-order valence-corrected chi connectivity index (χ3v) is 2.09. The molecule has 0 N–H and O–H groups in total. The molecule has 1 heterocycles. The lowest BCUT2D eigenvalue weighted by Gasteiger charge is -2.19. The molecule has 0 saturated carbocycles. The average molecular weight is 229 g/mol. The Hall–Kier alpha value is -1.30. The predicted molar refractivity (Wildman–Crippen MR) is 54.5 cm³/mol. The van der Waals surface area contributed by atoms with Crippen LogP contribution in [0.15, 0.2) is 5.11 Å². The van der Waals surface area contributed by atoms with Gasteiger partial charge in [-0.3, -0.25) is 4.79 Å². The SMILES string of the molecule is CCOC(=O)C(N=[N+]=[N-])C1COC(C)(C)O1. The van der Waals surface area contributed by atoms with Crippen LogP contribution in [0.4, 0.5) is 0 Å². The minimum atomic E-state index is -0.994. The number of nitrogens with zero attached hydrogens (tertiary/aromatic N) is 3. The van der Waals surface area contributed by atoms with Gasteiger partial charge in [0.1, 0.15) is 6.10 Å². The molecule has 0 aromatic heterocycles. The van der Waals surface area contributed by atoms with Crippen LogP contribution in [0.5, 0.6) is 0 Å². The third-order valence-electron chi connectivity index (χ3n) is 2.09. The highest BCUT2D eigenvalue weighted by Crippen LogP contribution is 2.25. The molecule has 0 aromatic rings. The van der Waals surface area contributed by atoms with Gasteiger partial charge in [0.15, 0.2) is 11.8 Å². The van der Waals surface area contributed by atoms with Crippen LogP contribution in [-0.2, 0) is 19.0 Å². The van der Waals surface area contributed by atoms with E-state index in [2.05, 4.69) is 10.0 Å². The number of hydrogen-bond acceptors (Lipinski definition) is 5. The summed E-state index contributed by atoms with van der Waals surface area (Å²) in [7, 11) is 0. The Morgan fingerprint density at radius 2 is 2.44 bits per heavy atom. The van der Waals surface area contributed by atoms with Crippen molar-refractivity contribution < 1.29 is 19.0 Å². The maximum absolute atomic E-state index is 11.5. The maximum atomic E-state index is 11.5. The highest BCUT2D eigenvalue weighted by atomic mass is 16.7. The van der Waals surface area contributed by atoms with Crippen LogP contribution < -0.4 is 0 Å². The molecule has 1 fully saturated rings. The second-order valence-electron chi connectivity index (χ2n) is 3.77. The van der Waals surface area contributed by atoms with Crippen molar-refractivity contribution in [2.45, 2.75) is 38.7 Å². The summed E-state index contributed by atoms with van der Waals surface area (Å²) in [6.07, 6.45) is -0.593. The summed E-state index contributed by atoms with van der Waals surface area (Å²) >= 11 is 0. The first-order valence-electron chi connectivity index (χ1n) is 5.03. The smallest absolute Gasteiger partial charge is 0.317 e. The molecule has 1 rings (SSSR count). The second-order valence-corrected chi connectivity index (χ2v) is 3.77. The standard InChI is InChI=1S/C9H15N3O4/c1-4-14-8(13)7(11-12-10)6-5-15-9(2,3)16-6/h6-7H,4-5H2,1-3H3. The van der Waals surface area contributed by atoms with Gasteiger partial charge in [-0.25, -0.2) is 0 Å². The molecule has 2 atom stereocenters. The van der Waals surface area contributed by atoms with E-state index in [0.717, 1.165) is 0 Å². The van der Waals surface area contributed by atoms with Crippen molar-refractivity contribution >= 4 is 5.97 Å². The fraction of sp³-hybridized carbons (Fsp3) is 0.889. The molecule has 1 aliphatic rings. The zero-order chi connectivity index (χ0) is 12.2. The summed E-state index contributed by atoms with van der Waals surface area (Å²) in [5, 5.41) is 3.39. The van der Waals surface area contributed by atoms with Gasteiger partial charge >= 0.3 is 5.97 Å². The van der Waals surface area contributed by atoms with Gasteiger partial charge in [-0.2, -0.15) is 0 Å². The number of carbonyl (C=O) groups excluding carboxylic acids is 1. The Balaban J connectivity index is 2.72. The fourth-order valence-corrected chi connectivity index (χ4v) is 1.43. The van der Waals surface area contributed by atoms with Crippen molar-refractivity contribution in [2.75, 3.05) is 13.2 Å². The molecule has 0 amide bonds. The first kappa shape index (κ1) is 12.8. The molecule has 1 aliphatic heterocycles. The van der Waals surface area contributed by atoms with Crippen molar-refractivity contribution in [3.05, 3.63) is 10.4 Å². The molecule has 0 aromatic carbocycles. The minimum Gasteiger partial charge on any atom is -0.466 e. The van der Waals surface area contributed by atoms with Gasteiger partial charge in [0.25, 0.3) is 0 Å². The molecule has 16 heavy (non-hydrogen) atoms. The summed E-state index contributed by atoms with van der Waals surface area (Å²) in [6, 6.07) is -0.994. The van der Waals surface area contributed by atoms with E-state index in [9.17, 15) is 4.79 Å². The predicted octanol–water partition coefficient (Wildman–Crippen LogP) is 1.38. The van der Waals surface area contributed by atoms with Crippen LogP contribution in [-0.4, -0.2) is 37.1 Å². The fourth-order valence-electron chi connectivity index (χ4n) is 1.43. The Morgan fingerprint density at radius 3 is 2.88 bits per heavy atom. The van der Waals surface area contributed by atoms with E-state index in [0.29, 0.717) is 0 Å². The van der Waals surface area contributed by atoms with Gasteiger partial charge in [0, 0.05) is 4.91 Å². The summed E-state index contributed by atoms with van der Waals surface area (Å²) in [6.45, 7) is 5.57. The van der Waals surface area contributed by atoms with Gasteiger partial charge in [0.2, 0.25) is 0 Å². The largest absolute Gasteiger partial charge is 0.466 e. The number of carbonyl (C=O) groups is 1. The normalized spacial score (nSPS) is 24.6. The highest BCUT2D eigenvalue weighted by molar-refractivity contribution is 5.76. The number of esters is 1. The molecule has 0 bridgehead atoms. The lowest BCUT2D eigenvalue weighted by molar-refractivity contribution is -0.156. The van der Waals surface area contributed by atoms with Crippen LogP contribution in [0.1, 0.15) is 20.8 Å². The van der Waals surface area contributed by atoms with E-state index in [1.54, 1.807) is 20.8 Å². The van der Waals surface area contributed by atoms with Crippen LogP contribution in [0.2, 0.25) is 0 Å². The van der Waals surface area contributed by atoms with E-state index < -0.39 is 23.9 Å². The van der Waals surface area contributed by atoms with Gasteiger partial charge in [-0.15, -0.1) is 0 Å². The number of rotatable bonds is 4. The van der Waals surface area contributed by atoms with Crippen molar-refractivity contribution in [3.8, 4) is 0 Å². The summed E-state index contributed by atoms with van der Waals surface area (Å²) in [5.74, 6) is -1.35. The molecule has 2 unspecified atom stereocenters. The lowest BCUT2D eigenvalue weighted by atomic mass is 10.2. The highest BCUT2D eigenvalue weighted by Gasteiger charge is 2.40. The monoisotopic (exact) mass is 229 g/mol. The molecule has 0 radical (unpaired) electrons. The van der Waals surface area contributed by atoms with Crippen molar-refractivity contribution in [1.82, 2.24) is 0 Å². The Kier molecular flexibility index (Phi) is 4.12. The summed E-state index contributed by atoms with van der Waals surface area (Å²) in [5.41, 5.74) is 8.40. The van der Waals surface area contributed by atoms with Gasteiger partial charge in [-0.05, 0) is 26.3 Å². The quantitative estimate of drug-likeness (QED) is 0.315. The van der Waals surface area contributed by atoms with E-state index in [1.165, 1.54) is 0 Å². The second kappa shape index (κ2) is 5.16. The zero-order valence-electron chi connectivity index (χ0n) is 9.54. The third kappa shape index (κ3) is 3.10. The number of azide groups is 1. The topological polar surface area (TPSA) is 93.5 Å². The van der Waals surface area contributed by atoms with Crippen molar-refractivity contribution in [2.24, 2.45) is 5.11 Å². The molecule has 1 saturated heterocycles. The summed E-state index contributed by atoms with van der Waals surface area (Å²) < 4.78 is 15.5. The van der Waals surface area contributed by atoms with Crippen LogP contribution in [0.25, 0.3) is 10.4 Å². The van der Waals surface area contributed by atoms with Crippen LogP contribution in [0, 0.1) is 0 Å².